The summed E-state index contributed by atoms with van der Waals surface area (Å²) in [4.78, 5) is 14.1. The SMILES string of the molecule is CCCCCCCC(C(=O)OCC)C(C)N(C)C. The number of unbranched alkanes of at least 4 members (excludes halogenated alkanes) is 4. The Hall–Kier alpha value is -0.570. The van der Waals surface area contributed by atoms with Gasteiger partial charge in [0.25, 0.3) is 0 Å². The second-order valence-corrected chi connectivity index (χ2v) is 5.27. The van der Waals surface area contributed by atoms with Crippen LogP contribution < -0.4 is 0 Å². The summed E-state index contributed by atoms with van der Waals surface area (Å²) in [5.74, 6) is -0.0178. The van der Waals surface area contributed by atoms with Crippen LogP contribution in [0.4, 0.5) is 0 Å². The maximum Gasteiger partial charge on any atom is 0.310 e. The average Bonchev–Trinajstić information content (AvgIpc) is 2.33. The van der Waals surface area contributed by atoms with Crippen molar-refractivity contribution in [3.8, 4) is 0 Å². The van der Waals surface area contributed by atoms with Gasteiger partial charge in [-0.05, 0) is 34.4 Å². The molecular weight excluding hydrogens is 226 g/mol. The summed E-state index contributed by atoms with van der Waals surface area (Å²) >= 11 is 0. The van der Waals surface area contributed by atoms with Crippen LogP contribution in [0.15, 0.2) is 0 Å². The number of carbonyl (C=O) groups is 1. The topological polar surface area (TPSA) is 29.5 Å². The summed E-state index contributed by atoms with van der Waals surface area (Å²) in [6.07, 6.45) is 7.14. The molecule has 0 saturated carbocycles. The quantitative estimate of drug-likeness (QED) is 0.443. The summed E-state index contributed by atoms with van der Waals surface area (Å²) in [5, 5.41) is 0. The summed E-state index contributed by atoms with van der Waals surface area (Å²) in [7, 11) is 4.04. The van der Waals surface area contributed by atoms with Gasteiger partial charge in [-0.25, -0.2) is 0 Å². The van der Waals surface area contributed by atoms with Crippen molar-refractivity contribution in [1.29, 1.82) is 0 Å². The second-order valence-electron chi connectivity index (χ2n) is 5.27. The minimum atomic E-state index is -0.0332. The third-order valence-corrected chi connectivity index (χ3v) is 3.60. The first-order chi connectivity index (χ1) is 8.54. The molecule has 0 amide bonds. The minimum Gasteiger partial charge on any atom is -0.466 e. The number of carbonyl (C=O) groups excluding carboxylic acids is 1. The molecule has 0 aromatic heterocycles. The van der Waals surface area contributed by atoms with Crippen LogP contribution in [-0.2, 0) is 9.53 Å². The molecule has 0 heterocycles. The first-order valence-electron chi connectivity index (χ1n) is 7.37. The molecule has 0 fully saturated rings. The van der Waals surface area contributed by atoms with Crippen molar-refractivity contribution in [3.63, 3.8) is 0 Å². The first kappa shape index (κ1) is 17.4. The van der Waals surface area contributed by atoms with E-state index in [0.717, 1.165) is 12.8 Å². The highest BCUT2D eigenvalue weighted by atomic mass is 16.5. The lowest BCUT2D eigenvalue weighted by atomic mass is 9.93. The van der Waals surface area contributed by atoms with Crippen LogP contribution in [0.1, 0.15) is 59.3 Å². The van der Waals surface area contributed by atoms with Crippen molar-refractivity contribution in [3.05, 3.63) is 0 Å². The Morgan fingerprint density at radius 1 is 1.11 bits per heavy atom. The molecule has 0 N–H and O–H groups in total. The molecule has 0 radical (unpaired) electrons. The van der Waals surface area contributed by atoms with Gasteiger partial charge in [0, 0.05) is 6.04 Å². The van der Waals surface area contributed by atoms with E-state index in [9.17, 15) is 4.79 Å². The van der Waals surface area contributed by atoms with E-state index < -0.39 is 0 Å². The number of hydrogen-bond acceptors (Lipinski definition) is 3. The fourth-order valence-corrected chi connectivity index (χ4v) is 2.13. The minimum absolute atomic E-state index is 0.0153. The second kappa shape index (κ2) is 10.4. The van der Waals surface area contributed by atoms with Gasteiger partial charge >= 0.3 is 5.97 Å². The molecule has 3 heteroatoms. The summed E-state index contributed by atoms with van der Waals surface area (Å²) < 4.78 is 5.19. The highest BCUT2D eigenvalue weighted by Crippen LogP contribution is 2.19. The fraction of sp³-hybridized carbons (Fsp3) is 0.933. The van der Waals surface area contributed by atoms with E-state index in [1.165, 1.54) is 25.7 Å². The molecule has 108 valence electrons. The van der Waals surface area contributed by atoms with Gasteiger partial charge in [-0.2, -0.15) is 0 Å². The van der Waals surface area contributed by atoms with Crippen LogP contribution in [0.3, 0.4) is 0 Å². The van der Waals surface area contributed by atoms with E-state index in [-0.39, 0.29) is 17.9 Å². The number of ether oxygens (including phenoxy) is 1. The van der Waals surface area contributed by atoms with Crippen molar-refractivity contribution in [2.75, 3.05) is 20.7 Å². The molecule has 0 aliphatic heterocycles. The molecule has 18 heavy (non-hydrogen) atoms. The van der Waals surface area contributed by atoms with Gasteiger partial charge in [0.2, 0.25) is 0 Å². The normalized spacial score (nSPS) is 14.6. The largest absolute Gasteiger partial charge is 0.466 e. The van der Waals surface area contributed by atoms with E-state index in [0.29, 0.717) is 6.61 Å². The third-order valence-electron chi connectivity index (χ3n) is 3.60. The third kappa shape index (κ3) is 7.00. The van der Waals surface area contributed by atoms with Gasteiger partial charge in [-0.15, -0.1) is 0 Å². The standard InChI is InChI=1S/C15H31NO2/c1-6-8-9-10-11-12-14(13(3)16(4)5)15(17)18-7-2/h13-14H,6-12H2,1-5H3. The zero-order valence-electron chi connectivity index (χ0n) is 12.9. The molecule has 0 aliphatic rings. The molecule has 2 unspecified atom stereocenters. The molecule has 0 aliphatic carbocycles. The lowest BCUT2D eigenvalue weighted by Gasteiger charge is -2.27. The van der Waals surface area contributed by atoms with E-state index in [1.807, 2.05) is 21.0 Å². The molecule has 0 aromatic rings. The number of rotatable bonds is 10. The first-order valence-corrected chi connectivity index (χ1v) is 7.37. The van der Waals surface area contributed by atoms with Crippen molar-refractivity contribution < 1.29 is 9.53 Å². The predicted octanol–water partition coefficient (Wildman–Crippen LogP) is 3.48. The zero-order valence-corrected chi connectivity index (χ0v) is 12.9. The van der Waals surface area contributed by atoms with Crippen LogP contribution in [0.5, 0.6) is 0 Å². The van der Waals surface area contributed by atoms with Crippen molar-refractivity contribution in [2.45, 2.75) is 65.3 Å². The van der Waals surface area contributed by atoms with E-state index in [1.54, 1.807) is 0 Å². The smallest absolute Gasteiger partial charge is 0.310 e. The molecule has 0 bridgehead atoms. The summed E-state index contributed by atoms with van der Waals surface area (Å²) in [6.45, 7) is 6.67. The highest BCUT2D eigenvalue weighted by molar-refractivity contribution is 5.73. The average molecular weight is 257 g/mol. The van der Waals surface area contributed by atoms with Crippen molar-refractivity contribution >= 4 is 5.97 Å². The molecule has 0 aromatic carbocycles. The Balaban J connectivity index is 4.17. The molecule has 2 atom stereocenters. The Labute approximate surface area is 113 Å². The van der Waals surface area contributed by atoms with Gasteiger partial charge in [-0.1, -0.05) is 39.0 Å². The highest BCUT2D eigenvalue weighted by Gasteiger charge is 2.27. The monoisotopic (exact) mass is 257 g/mol. The molecule has 0 spiro atoms. The maximum absolute atomic E-state index is 12.0. The molecule has 0 rings (SSSR count). The van der Waals surface area contributed by atoms with Crippen LogP contribution in [-0.4, -0.2) is 37.6 Å². The van der Waals surface area contributed by atoms with Crippen LogP contribution in [0, 0.1) is 5.92 Å². The Morgan fingerprint density at radius 3 is 2.22 bits per heavy atom. The maximum atomic E-state index is 12.0. The van der Waals surface area contributed by atoms with E-state index in [4.69, 9.17) is 4.74 Å². The number of hydrogen-bond donors (Lipinski definition) is 0. The zero-order chi connectivity index (χ0) is 14.0. The summed E-state index contributed by atoms with van der Waals surface area (Å²) in [6, 6.07) is 0.246. The fourth-order valence-electron chi connectivity index (χ4n) is 2.13. The lowest BCUT2D eigenvalue weighted by molar-refractivity contribution is -0.150. The Morgan fingerprint density at radius 2 is 1.72 bits per heavy atom. The van der Waals surface area contributed by atoms with Crippen molar-refractivity contribution in [1.82, 2.24) is 4.90 Å². The lowest BCUT2D eigenvalue weighted by Crippen LogP contribution is -2.38. The number of esters is 1. The van der Waals surface area contributed by atoms with Gasteiger partial charge < -0.3 is 9.64 Å². The van der Waals surface area contributed by atoms with Crippen molar-refractivity contribution in [2.24, 2.45) is 5.92 Å². The van der Waals surface area contributed by atoms with Gasteiger partial charge in [0.05, 0.1) is 12.5 Å². The van der Waals surface area contributed by atoms with E-state index in [2.05, 4.69) is 18.7 Å². The molecular formula is C15H31NO2. The van der Waals surface area contributed by atoms with Crippen LogP contribution in [0.25, 0.3) is 0 Å². The summed E-state index contributed by atoms with van der Waals surface area (Å²) in [5.41, 5.74) is 0. The molecule has 3 nitrogen and oxygen atoms in total. The van der Waals surface area contributed by atoms with E-state index >= 15 is 0 Å². The van der Waals surface area contributed by atoms with Gasteiger partial charge in [-0.3, -0.25) is 4.79 Å². The Bertz CT molecular complexity index is 217. The predicted molar refractivity (Wildman–Crippen MR) is 76.6 cm³/mol. The number of nitrogens with zero attached hydrogens (tertiary/aromatic N) is 1. The molecule has 0 saturated heterocycles. The Kier molecular flexibility index (Phi) is 10.0. The van der Waals surface area contributed by atoms with Gasteiger partial charge in [0.15, 0.2) is 0 Å². The van der Waals surface area contributed by atoms with Crippen LogP contribution in [0.2, 0.25) is 0 Å². The van der Waals surface area contributed by atoms with Gasteiger partial charge in [0.1, 0.15) is 0 Å². The van der Waals surface area contributed by atoms with Crippen LogP contribution >= 0.6 is 0 Å².